The van der Waals surface area contributed by atoms with E-state index in [0.717, 1.165) is 6.54 Å². The molecule has 19 heavy (non-hydrogen) atoms. The van der Waals surface area contributed by atoms with E-state index in [2.05, 4.69) is 9.97 Å². The second-order valence-corrected chi connectivity index (χ2v) is 4.20. The van der Waals surface area contributed by atoms with E-state index in [4.69, 9.17) is 0 Å². The molecule has 0 N–H and O–H groups in total. The van der Waals surface area contributed by atoms with E-state index in [1.807, 2.05) is 19.0 Å². The van der Waals surface area contributed by atoms with Gasteiger partial charge in [-0.05, 0) is 20.2 Å². The Bertz CT molecular complexity index is 361. The molecule has 0 aliphatic carbocycles. The van der Waals surface area contributed by atoms with Gasteiger partial charge in [-0.1, -0.05) is 0 Å². The molecule has 0 unspecified atom stereocenters. The first kappa shape index (κ1) is 20.2. The molecule has 0 fully saturated rings. The minimum atomic E-state index is -0.0782. The topological polar surface area (TPSA) is 52.6 Å². The summed E-state index contributed by atoms with van der Waals surface area (Å²) in [5.41, 5.74) is 0. The lowest BCUT2D eigenvalue weighted by atomic mass is 10.4. The molecule has 110 valence electrons. The molecule has 1 heterocycles. The second-order valence-electron chi connectivity index (χ2n) is 4.20. The highest BCUT2D eigenvalue weighted by Crippen LogP contribution is 2.10. The number of nitrogens with zero attached hydrogens (tertiary/aromatic N) is 5. The molecule has 0 saturated carbocycles. The number of likely N-dealkylation sites (N-methyl/N-ethyl adjacent to an activating group) is 1. The highest BCUT2D eigenvalue weighted by atomic mass is 35.5. The van der Waals surface area contributed by atoms with E-state index in [1.165, 1.54) is 11.2 Å². The van der Waals surface area contributed by atoms with E-state index in [9.17, 15) is 4.79 Å². The van der Waals surface area contributed by atoms with Gasteiger partial charge in [-0.2, -0.15) is 0 Å². The summed E-state index contributed by atoms with van der Waals surface area (Å²) in [6.07, 6.45) is 3.08. The highest BCUT2D eigenvalue weighted by Gasteiger charge is 2.18. The monoisotopic (exact) mass is 309 g/mol. The zero-order chi connectivity index (χ0) is 12.8. The van der Waals surface area contributed by atoms with Gasteiger partial charge in [-0.25, -0.2) is 14.8 Å². The van der Waals surface area contributed by atoms with Crippen LogP contribution in [0.1, 0.15) is 0 Å². The third kappa shape index (κ3) is 6.56. The fraction of sp³-hybridized carbons (Fsp3) is 0.545. The van der Waals surface area contributed by atoms with E-state index in [1.54, 1.807) is 31.3 Å². The number of hydrogen-bond acceptors (Lipinski definition) is 4. The molecule has 0 aromatic carbocycles. The number of hydrogen-bond donors (Lipinski definition) is 0. The molecule has 6 nitrogen and oxygen atoms in total. The van der Waals surface area contributed by atoms with Crippen molar-refractivity contribution in [1.82, 2.24) is 19.8 Å². The Labute approximate surface area is 126 Å². The van der Waals surface area contributed by atoms with Crippen molar-refractivity contribution in [1.29, 1.82) is 0 Å². The van der Waals surface area contributed by atoms with Crippen LogP contribution in [-0.4, -0.2) is 67.1 Å². The molecule has 0 atom stereocenters. The molecule has 2 amide bonds. The number of anilines is 1. The van der Waals surface area contributed by atoms with Gasteiger partial charge < -0.3 is 9.80 Å². The van der Waals surface area contributed by atoms with Gasteiger partial charge >= 0.3 is 6.03 Å². The van der Waals surface area contributed by atoms with Crippen LogP contribution in [0.25, 0.3) is 0 Å². The van der Waals surface area contributed by atoms with Crippen molar-refractivity contribution < 1.29 is 4.79 Å². The van der Waals surface area contributed by atoms with Crippen molar-refractivity contribution in [3.63, 3.8) is 0 Å². The van der Waals surface area contributed by atoms with Crippen molar-refractivity contribution in [3.8, 4) is 0 Å². The third-order valence-corrected chi connectivity index (χ3v) is 2.23. The Morgan fingerprint density at radius 1 is 1.16 bits per heavy atom. The van der Waals surface area contributed by atoms with Crippen molar-refractivity contribution in [2.45, 2.75) is 0 Å². The molecular formula is C11H21Cl2N5O. The van der Waals surface area contributed by atoms with Crippen LogP contribution in [0.4, 0.5) is 10.6 Å². The zero-order valence-corrected chi connectivity index (χ0v) is 13.2. The van der Waals surface area contributed by atoms with Crippen LogP contribution in [0.5, 0.6) is 0 Å². The summed E-state index contributed by atoms with van der Waals surface area (Å²) in [7, 11) is 7.40. The van der Waals surface area contributed by atoms with Crippen molar-refractivity contribution in [2.75, 3.05) is 46.2 Å². The van der Waals surface area contributed by atoms with Gasteiger partial charge in [0, 0.05) is 33.4 Å². The number of carbonyl (C=O) groups is 1. The van der Waals surface area contributed by atoms with Gasteiger partial charge in [0.2, 0.25) is 0 Å². The van der Waals surface area contributed by atoms with E-state index >= 15 is 0 Å². The van der Waals surface area contributed by atoms with Crippen molar-refractivity contribution in [3.05, 3.63) is 18.6 Å². The lowest BCUT2D eigenvalue weighted by molar-refractivity contribution is 0.222. The smallest absolute Gasteiger partial charge is 0.325 e. The quantitative estimate of drug-likeness (QED) is 0.843. The summed E-state index contributed by atoms with van der Waals surface area (Å²) in [6, 6.07) is 1.66. The Kier molecular flexibility index (Phi) is 10.4. The molecule has 0 saturated heterocycles. The maximum atomic E-state index is 12.0. The summed E-state index contributed by atoms with van der Waals surface area (Å²) in [5.74, 6) is 0.626. The number of aromatic nitrogens is 2. The standard InChI is InChI=1S/C11H19N5O.2ClH/c1-14(2)7-8-16(11(17)15(3)4)10-5-6-12-9-13-10;;/h5-6,9H,7-8H2,1-4H3;2*1H. The number of carbonyl (C=O) groups excluding carboxylic acids is 1. The highest BCUT2D eigenvalue weighted by molar-refractivity contribution is 5.90. The van der Waals surface area contributed by atoms with Gasteiger partial charge in [-0.15, -0.1) is 24.8 Å². The van der Waals surface area contributed by atoms with Gasteiger partial charge in [-0.3, -0.25) is 4.90 Å². The van der Waals surface area contributed by atoms with Gasteiger partial charge in [0.15, 0.2) is 0 Å². The number of amides is 2. The van der Waals surface area contributed by atoms with Crippen molar-refractivity contribution >= 4 is 36.7 Å². The Morgan fingerprint density at radius 2 is 1.79 bits per heavy atom. The molecule has 0 bridgehead atoms. The fourth-order valence-corrected chi connectivity index (χ4v) is 1.29. The second kappa shape index (κ2) is 9.77. The molecule has 1 aromatic heterocycles. The molecule has 1 rings (SSSR count). The van der Waals surface area contributed by atoms with Crippen LogP contribution in [0.15, 0.2) is 18.6 Å². The first-order valence-electron chi connectivity index (χ1n) is 5.42. The molecule has 0 aliphatic rings. The van der Waals surface area contributed by atoms with Gasteiger partial charge in [0.1, 0.15) is 12.1 Å². The SMILES string of the molecule is CN(C)CCN(C(=O)N(C)C)c1ccncn1.Cl.Cl. The molecule has 1 aromatic rings. The lowest BCUT2D eigenvalue weighted by Crippen LogP contribution is -2.43. The van der Waals surface area contributed by atoms with Crippen LogP contribution in [0.3, 0.4) is 0 Å². The first-order chi connectivity index (χ1) is 8.02. The van der Waals surface area contributed by atoms with E-state index in [-0.39, 0.29) is 30.8 Å². The van der Waals surface area contributed by atoms with Gasteiger partial charge in [0.05, 0.1) is 0 Å². The van der Waals surface area contributed by atoms with Crippen LogP contribution in [0.2, 0.25) is 0 Å². The van der Waals surface area contributed by atoms with Crippen LogP contribution in [0, 0.1) is 0 Å². The van der Waals surface area contributed by atoms with E-state index < -0.39 is 0 Å². The maximum absolute atomic E-state index is 12.0. The molecular weight excluding hydrogens is 289 g/mol. The Balaban J connectivity index is 0. The summed E-state index contributed by atoms with van der Waals surface area (Å²) >= 11 is 0. The molecule has 0 radical (unpaired) electrons. The maximum Gasteiger partial charge on any atom is 0.325 e. The predicted molar refractivity (Wildman–Crippen MR) is 81.5 cm³/mol. The summed E-state index contributed by atoms with van der Waals surface area (Å²) in [6.45, 7) is 1.38. The molecule has 0 spiro atoms. The normalized spacial score (nSPS) is 9.32. The molecule has 0 aliphatic heterocycles. The average Bonchev–Trinajstić information content (AvgIpc) is 2.30. The van der Waals surface area contributed by atoms with Crippen molar-refractivity contribution in [2.24, 2.45) is 0 Å². The summed E-state index contributed by atoms with van der Waals surface area (Å²) in [4.78, 5) is 25.2. The molecule has 8 heteroatoms. The number of rotatable bonds is 4. The Morgan fingerprint density at radius 3 is 2.21 bits per heavy atom. The van der Waals surface area contributed by atoms with Crippen LogP contribution < -0.4 is 4.90 Å². The van der Waals surface area contributed by atoms with Crippen LogP contribution >= 0.6 is 24.8 Å². The fourth-order valence-electron chi connectivity index (χ4n) is 1.29. The number of urea groups is 1. The minimum Gasteiger partial charge on any atom is -0.330 e. The largest absolute Gasteiger partial charge is 0.330 e. The number of halogens is 2. The zero-order valence-electron chi connectivity index (χ0n) is 11.6. The summed E-state index contributed by atoms with van der Waals surface area (Å²) < 4.78 is 0. The van der Waals surface area contributed by atoms with Crippen LogP contribution in [-0.2, 0) is 0 Å². The third-order valence-electron chi connectivity index (χ3n) is 2.23. The average molecular weight is 310 g/mol. The predicted octanol–water partition coefficient (Wildman–Crippen LogP) is 1.37. The minimum absolute atomic E-state index is 0. The van der Waals surface area contributed by atoms with Gasteiger partial charge in [0.25, 0.3) is 0 Å². The first-order valence-corrected chi connectivity index (χ1v) is 5.42. The Hall–Kier alpha value is -1.11. The lowest BCUT2D eigenvalue weighted by Gasteiger charge is -2.26. The van der Waals surface area contributed by atoms with E-state index in [0.29, 0.717) is 12.4 Å². The summed E-state index contributed by atoms with van der Waals surface area (Å²) in [5, 5.41) is 0.